The van der Waals surface area contributed by atoms with Crippen LogP contribution in [0.15, 0.2) is 48.7 Å². The summed E-state index contributed by atoms with van der Waals surface area (Å²) in [5.41, 5.74) is 4.73. The largest absolute Gasteiger partial charge is 0.371 e. The molecule has 0 saturated carbocycles. The Morgan fingerprint density at radius 1 is 0.963 bits per heavy atom. The topological polar surface area (TPSA) is 16.1 Å². The van der Waals surface area contributed by atoms with Crippen LogP contribution in [0.4, 0.5) is 5.69 Å². The van der Waals surface area contributed by atoms with Gasteiger partial charge in [0.2, 0.25) is 0 Å². The fourth-order valence-corrected chi connectivity index (χ4v) is 3.93. The lowest BCUT2D eigenvalue weighted by Gasteiger charge is -2.30. The number of piperidine rings is 1. The van der Waals surface area contributed by atoms with E-state index in [2.05, 4.69) is 59.3 Å². The molecule has 0 N–H and O–H groups in total. The van der Waals surface area contributed by atoms with Gasteiger partial charge >= 0.3 is 0 Å². The van der Waals surface area contributed by atoms with Crippen molar-refractivity contribution in [3.8, 4) is 0 Å². The molecule has 0 aliphatic carbocycles. The van der Waals surface area contributed by atoms with Gasteiger partial charge in [-0.25, -0.2) is 0 Å². The van der Waals surface area contributed by atoms with E-state index in [9.17, 15) is 0 Å². The third-order valence-electron chi connectivity index (χ3n) is 5.13. The summed E-state index contributed by atoms with van der Waals surface area (Å²) in [4.78, 5) is 7.10. The Morgan fingerprint density at radius 2 is 1.70 bits per heavy atom. The van der Waals surface area contributed by atoms with Crippen LogP contribution in [0.3, 0.4) is 0 Å². The van der Waals surface area contributed by atoms with E-state index >= 15 is 0 Å². The second-order valence-electron chi connectivity index (χ2n) is 6.96. The number of hydrogen-bond donors (Lipinski definition) is 0. The van der Waals surface area contributed by atoms with Crippen molar-refractivity contribution >= 4 is 52.6 Å². The van der Waals surface area contributed by atoms with Gasteiger partial charge in [-0.3, -0.25) is 4.98 Å². The predicted molar refractivity (Wildman–Crippen MR) is 120 cm³/mol. The Bertz CT molecular complexity index is 960. The number of fused-ring (bicyclic) bond motifs is 1. The molecule has 2 nitrogen and oxygen atoms in total. The number of nitrogens with zero attached hydrogens (tertiary/aromatic N) is 2. The van der Waals surface area contributed by atoms with Gasteiger partial charge in [-0.2, -0.15) is 0 Å². The van der Waals surface area contributed by atoms with Crippen LogP contribution in [0.1, 0.15) is 36.1 Å². The van der Waals surface area contributed by atoms with Gasteiger partial charge in [-0.15, -0.1) is 12.4 Å². The van der Waals surface area contributed by atoms with Crippen molar-refractivity contribution in [2.45, 2.75) is 26.2 Å². The molecular weight excluding hydrogens is 375 g/mol. The lowest BCUT2D eigenvalue weighted by molar-refractivity contribution is 0.577. The molecule has 3 aromatic rings. The summed E-state index contributed by atoms with van der Waals surface area (Å²) in [5, 5.41) is 3.04. The van der Waals surface area contributed by atoms with Gasteiger partial charge in [-0.05, 0) is 60.9 Å². The number of rotatable bonds is 3. The summed E-state index contributed by atoms with van der Waals surface area (Å²) in [6.45, 7) is 4.45. The van der Waals surface area contributed by atoms with Gasteiger partial charge in [-0.1, -0.05) is 48.0 Å². The normalized spacial score (nSPS) is 14.5. The first kappa shape index (κ1) is 19.7. The Kier molecular flexibility index (Phi) is 6.41. The van der Waals surface area contributed by atoms with Crippen LogP contribution in [0.2, 0.25) is 5.02 Å². The van der Waals surface area contributed by atoms with E-state index in [1.165, 1.54) is 35.9 Å². The highest BCUT2D eigenvalue weighted by molar-refractivity contribution is 6.35. The average molecular weight is 399 g/mol. The maximum atomic E-state index is 6.33. The van der Waals surface area contributed by atoms with Gasteiger partial charge in [0.15, 0.2) is 0 Å². The second kappa shape index (κ2) is 8.77. The van der Waals surface area contributed by atoms with Gasteiger partial charge < -0.3 is 4.90 Å². The minimum atomic E-state index is 0. The molecule has 0 amide bonds. The summed E-state index contributed by atoms with van der Waals surface area (Å²) >= 11 is 6.33. The summed E-state index contributed by atoms with van der Waals surface area (Å²) in [6.07, 6.45) is 10.1. The standard InChI is InChI=1S/C23H23ClN2.ClH/c1-17-16-25-19(15-23(17)26-13-5-2-6-14-26)11-9-18-10-12-22(24)21-8-4-3-7-20(18)21;/h3-4,7-12,15-16H,2,5-6,13-14H2,1H3;1H/b11-9-;. The van der Waals surface area contributed by atoms with Crippen LogP contribution < -0.4 is 4.90 Å². The molecule has 0 bridgehead atoms. The Hall–Kier alpha value is -2.03. The van der Waals surface area contributed by atoms with Crippen molar-refractivity contribution in [2.24, 2.45) is 0 Å². The number of hydrogen-bond acceptors (Lipinski definition) is 2. The fourth-order valence-electron chi connectivity index (χ4n) is 3.70. The van der Waals surface area contributed by atoms with Crippen LogP contribution in [0.5, 0.6) is 0 Å². The minimum absolute atomic E-state index is 0. The molecule has 0 unspecified atom stereocenters. The molecule has 27 heavy (non-hydrogen) atoms. The third kappa shape index (κ3) is 4.28. The van der Waals surface area contributed by atoms with Crippen molar-refractivity contribution in [3.05, 3.63) is 70.5 Å². The molecule has 1 fully saturated rings. The van der Waals surface area contributed by atoms with Crippen LogP contribution in [0, 0.1) is 6.92 Å². The third-order valence-corrected chi connectivity index (χ3v) is 5.46. The summed E-state index contributed by atoms with van der Waals surface area (Å²) in [6, 6.07) is 14.5. The number of aryl methyl sites for hydroxylation is 1. The zero-order valence-corrected chi connectivity index (χ0v) is 17.1. The number of aromatic nitrogens is 1. The number of anilines is 1. The van der Waals surface area contributed by atoms with Crippen LogP contribution >= 0.6 is 24.0 Å². The Balaban J connectivity index is 0.00000210. The highest BCUT2D eigenvalue weighted by Gasteiger charge is 2.13. The highest BCUT2D eigenvalue weighted by Crippen LogP contribution is 2.28. The predicted octanol–water partition coefficient (Wildman–Crippen LogP) is 6.78. The molecule has 4 heteroatoms. The molecule has 1 aromatic heterocycles. The second-order valence-corrected chi connectivity index (χ2v) is 7.37. The fraction of sp³-hybridized carbons (Fsp3) is 0.261. The first-order valence-corrected chi connectivity index (χ1v) is 9.67. The molecule has 1 saturated heterocycles. The van der Waals surface area contributed by atoms with Crippen LogP contribution in [-0.4, -0.2) is 18.1 Å². The first-order chi connectivity index (χ1) is 12.7. The van der Waals surface area contributed by atoms with Crippen molar-refractivity contribution in [2.75, 3.05) is 18.0 Å². The molecule has 0 radical (unpaired) electrons. The monoisotopic (exact) mass is 398 g/mol. The Morgan fingerprint density at radius 3 is 2.48 bits per heavy atom. The molecule has 1 aliphatic heterocycles. The molecule has 4 rings (SSSR count). The lowest BCUT2D eigenvalue weighted by Crippen LogP contribution is -2.30. The summed E-state index contributed by atoms with van der Waals surface area (Å²) in [5.74, 6) is 0. The SMILES string of the molecule is Cc1cnc(/C=C\c2ccc(Cl)c3ccccc23)cc1N1CCCCC1.Cl. The van der Waals surface area contributed by atoms with Crippen molar-refractivity contribution in [1.29, 1.82) is 0 Å². The van der Waals surface area contributed by atoms with Crippen molar-refractivity contribution < 1.29 is 0 Å². The number of pyridine rings is 1. The quantitative estimate of drug-likeness (QED) is 0.483. The molecular formula is C23H24Cl2N2. The van der Waals surface area contributed by atoms with Gasteiger partial charge in [0.25, 0.3) is 0 Å². The van der Waals surface area contributed by atoms with E-state index in [4.69, 9.17) is 11.6 Å². The molecule has 2 heterocycles. The van der Waals surface area contributed by atoms with Gasteiger partial charge in [0.05, 0.1) is 5.69 Å². The van der Waals surface area contributed by atoms with E-state index in [1.54, 1.807) is 0 Å². The lowest BCUT2D eigenvalue weighted by atomic mass is 10.0. The molecule has 0 atom stereocenters. The van der Waals surface area contributed by atoms with Gasteiger partial charge in [0, 0.05) is 35.4 Å². The molecule has 1 aliphatic rings. The average Bonchev–Trinajstić information content (AvgIpc) is 2.69. The van der Waals surface area contributed by atoms with E-state index in [-0.39, 0.29) is 12.4 Å². The minimum Gasteiger partial charge on any atom is -0.371 e. The summed E-state index contributed by atoms with van der Waals surface area (Å²) < 4.78 is 0. The van der Waals surface area contributed by atoms with Crippen LogP contribution in [-0.2, 0) is 0 Å². The van der Waals surface area contributed by atoms with Crippen LogP contribution in [0.25, 0.3) is 22.9 Å². The molecule has 140 valence electrons. The first-order valence-electron chi connectivity index (χ1n) is 9.29. The zero-order chi connectivity index (χ0) is 17.9. The van der Waals surface area contributed by atoms with E-state index in [0.717, 1.165) is 34.8 Å². The molecule has 2 aromatic carbocycles. The van der Waals surface area contributed by atoms with E-state index in [1.807, 2.05) is 18.3 Å². The maximum Gasteiger partial charge on any atom is 0.0650 e. The highest BCUT2D eigenvalue weighted by atomic mass is 35.5. The number of benzene rings is 2. The summed E-state index contributed by atoms with van der Waals surface area (Å²) in [7, 11) is 0. The molecule has 0 spiro atoms. The van der Waals surface area contributed by atoms with Crippen molar-refractivity contribution in [1.82, 2.24) is 4.98 Å². The zero-order valence-electron chi connectivity index (χ0n) is 15.5. The van der Waals surface area contributed by atoms with E-state index in [0.29, 0.717) is 0 Å². The van der Waals surface area contributed by atoms with E-state index < -0.39 is 0 Å². The number of halogens is 2. The Labute approximate surface area is 172 Å². The smallest absolute Gasteiger partial charge is 0.0650 e. The van der Waals surface area contributed by atoms with Gasteiger partial charge in [0.1, 0.15) is 0 Å². The van der Waals surface area contributed by atoms with Crippen molar-refractivity contribution in [3.63, 3.8) is 0 Å². The maximum absolute atomic E-state index is 6.33.